The van der Waals surface area contributed by atoms with E-state index in [2.05, 4.69) is 0 Å². The van der Waals surface area contributed by atoms with Gasteiger partial charge in [0.25, 0.3) is 0 Å². The lowest BCUT2D eigenvalue weighted by Crippen LogP contribution is -2.27. The lowest BCUT2D eigenvalue weighted by molar-refractivity contribution is -0.144. The van der Waals surface area contributed by atoms with Crippen LogP contribution in [0.1, 0.15) is 12.8 Å². The number of fused-ring (bicyclic) bond motifs is 1. The summed E-state index contributed by atoms with van der Waals surface area (Å²) in [6.45, 7) is 0. The fourth-order valence-electron chi connectivity index (χ4n) is 2.88. The van der Waals surface area contributed by atoms with E-state index in [-0.39, 0.29) is 29.8 Å². The van der Waals surface area contributed by atoms with Gasteiger partial charge in [-0.1, -0.05) is 0 Å². The summed E-state index contributed by atoms with van der Waals surface area (Å²) in [6, 6.07) is 0. The van der Waals surface area contributed by atoms with E-state index in [0.29, 0.717) is 0 Å². The molecule has 2 bridgehead atoms. The molecule has 3 aliphatic rings. The van der Waals surface area contributed by atoms with Crippen LogP contribution in [0.3, 0.4) is 0 Å². The van der Waals surface area contributed by atoms with Crippen LogP contribution >= 0.6 is 0 Å². The topological polar surface area (TPSA) is 26.3 Å². The maximum atomic E-state index is 13.2. The molecule has 0 aromatic rings. The fraction of sp³-hybridized carbons (Fsp3) is 0.875. The summed E-state index contributed by atoms with van der Waals surface area (Å²) < 4.78 is 18.1. The van der Waals surface area contributed by atoms with Gasteiger partial charge in [-0.2, -0.15) is 0 Å². The number of esters is 1. The molecule has 2 saturated carbocycles. The summed E-state index contributed by atoms with van der Waals surface area (Å²) in [5.74, 6) is 0.253. The number of hydrogen-bond acceptors (Lipinski definition) is 2. The first-order chi connectivity index (χ1) is 5.27. The summed E-state index contributed by atoms with van der Waals surface area (Å²) >= 11 is 0. The average Bonchev–Trinajstić information content (AvgIpc) is 2.53. The summed E-state index contributed by atoms with van der Waals surface area (Å²) in [4.78, 5) is 11.0. The van der Waals surface area contributed by atoms with E-state index in [1.54, 1.807) is 0 Å². The Morgan fingerprint density at radius 2 is 2.27 bits per heavy atom. The van der Waals surface area contributed by atoms with Crippen LogP contribution in [-0.4, -0.2) is 18.2 Å². The molecule has 0 aromatic carbocycles. The van der Waals surface area contributed by atoms with E-state index in [1.807, 2.05) is 0 Å². The second kappa shape index (κ2) is 1.59. The van der Waals surface area contributed by atoms with Crippen molar-refractivity contribution in [3.8, 4) is 0 Å². The van der Waals surface area contributed by atoms with E-state index in [0.717, 1.165) is 12.8 Å². The van der Waals surface area contributed by atoms with Crippen LogP contribution in [0.25, 0.3) is 0 Å². The molecule has 0 aromatic heterocycles. The molecule has 2 nitrogen and oxygen atoms in total. The highest BCUT2D eigenvalue weighted by Crippen LogP contribution is 2.55. The highest BCUT2D eigenvalue weighted by molar-refractivity contribution is 5.76. The minimum atomic E-state index is -0.859. The van der Waals surface area contributed by atoms with Gasteiger partial charge in [0, 0.05) is 5.92 Å². The molecule has 0 spiro atoms. The Balaban J connectivity index is 2.04. The number of halogens is 1. The van der Waals surface area contributed by atoms with Crippen molar-refractivity contribution in [2.75, 3.05) is 0 Å². The Morgan fingerprint density at radius 1 is 1.45 bits per heavy atom. The molecule has 0 N–H and O–H groups in total. The number of ether oxygens (including phenoxy) is 1. The van der Waals surface area contributed by atoms with Crippen LogP contribution in [0.5, 0.6) is 0 Å². The van der Waals surface area contributed by atoms with Gasteiger partial charge in [0.1, 0.15) is 12.3 Å². The molecule has 60 valence electrons. The summed E-state index contributed by atoms with van der Waals surface area (Å²) in [5, 5.41) is 0. The van der Waals surface area contributed by atoms with Gasteiger partial charge in [0.2, 0.25) is 0 Å². The standard InChI is InChI=1S/C8H9FO2/c9-6-3-1-4-5(2-3)8(10)11-7(4)6/h3-7H,1-2H2/t3-,4-,5-,6+,7+/m1/s1. The lowest BCUT2D eigenvalue weighted by Gasteiger charge is -2.17. The third kappa shape index (κ3) is 0.522. The molecule has 0 amide bonds. The normalized spacial score (nSPS) is 58.6. The van der Waals surface area contributed by atoms with Crippen molar-refractivity contribution in [1.29, 1.82) is 0 Å². The molecule has 5 atom stereocenters. The maximum absolute atomic E-state index is 13.2. The quantitative estimate of drug-likeness (QED) is 0.487. The van der Waals surface area contributed by atoms with Crippen LogP contribution in [0.2, 0.25) is 0 Å². The van der Waals surface area contributed by atoms with Gasteiger partial charge in [-0.15, -0.1) is 0 Å². The highest BCUT2D eigenvalue weighted by Gasteiger charge is 2.62. The van der Waals surface area contributed by atoms with E-state index in [4.69, 9.17) is 4.74 Å². The van der Waals surface area contributed by atoms with Gasteiger partial charge in [-0.25, -0.2) is 4.39 Å². The van der Waals surface area contributed by atoms with Gasteiger partial charge in [-0.3, -0.25) is 4.79 Å². The maximum Gasteiger partial charge on any atom is 0.309 e. The van der Waals surface area contributed by atoms with Gasteiger partial charge in [-0.05, 0) is 18.8 Å². The number of hydrogen-bond donors (Lipinski definition) is 0. The van der Waals surface area contributed by atoms with Crippen molar-refractivity contribution in [2.24, 2.45) is 17.8 Å². The zero-order chi connectivity index (χ0) is 7.59. The first-order valence-corrected chi connectivity index (χ1v) is 4.12. The second-order valence-electron chi connectivity index (χ2n) is 3.85. The minimum Gasteiger partial charge on any atom is -0.459 e. The zero-order valence-electron chi connectivity index (χ0n) is 6.00. The molecule has 0 radical (unpaired) electrons. The molecular formula is C8H9FO2. The Bertz CT molecular complexity index is 228. The molecule has 1 aliphatic heterocycles. The summed E-state index contributed by atoms with van der Waals surface area (Å²) in [7, 11) is 0. The van der Waals surface area contributed by atoms with Crippen LogP contribution in [-0.2, 0) is 9.53 Å². The Hall–Kier alpha value is -0.600. The second-order valence-corrected chi connectivity index (χ2v) is 3.85. The molecule has 0 unspecified atom stereocenters. The third-order valence-electron chi connectivity index (χ3n) is 3.39. The minimum absolute atomic E-state index is 0.0528. The van der Waals surface area contributed by atoms with E-state index in [1.165, 1.54) is 0 Å². The molecule has 2 aliphatic carbocycles. The van der Waals surface area contributed by atoms with Crippen molar-refractivity contribution in [1.82, 2.24) is 0 Å². The molecule has 1 saturated heterocycles. The van der Waals surface area contributed by atoms with Gasteiger partial charge in [0.05, 0.1) is 5.92 Å². The number of carbonyl (C=O) groups is 1. The zero-order valence-corrected chi connectivity index (χ0v) is 6.00. The van der Waals surface area contributed by atoms with Crippen molar-refractivity contribution in [3.05, 3.63) is 0 Å². The van der Waals surface area contributed by atoms with Crippen molar-refractivity contribution in [2.45, 2.75) is 25.1 Å². The lowest BCUT2D eigenvalue weighted by atomic mass is 9.89. The predicted octanol–water partition coefficient (Wildman–Crippen LogP) is 0.906. The van der Waals surface area contributed by atoms with Crippen LogP contribution in [0.15, 0.2) is 0 Å². The Kier molecular flexibility index (Phi) is 0.866. The average molecular weight is 156 g/mol. The first kappa shape index (κ1) is 5.98. The number of alkyl halides is 1. The monoisotopic (exact) mass is 156 g/mol. The van der Waals surface area contributed by atoms with Crippen molar-refractivity contribution < 1.29 is 13.9 Å². The predicted molar refractivity (Wildman–Crippen MR) is 34.5 cm³/mol. The third-order valence-corrected chi connectivity index (χ3v) is 3.39. The molecule has 3 fully saturated rings. The van der Waals surface area contributed by atoms with Crippen molar-refractivity contribution >= 4 is 5.97 Å². The van der Waals surface area contributed by atoms with E-state index in [9.17, 15) is 9.18 Å². The largest absolute Gasteiger partial charge is 0.459 e. The van der Waals surface area contributed by atoms with E-state index >= 15 is 0 Å². The van der Waals surface area contributed by atoms with Gasteiger partial charge in [0.15, 0.2) is 0 Å². The highest BCUT2D eigenvalue weighted by atomic mass is 19.1. The summed E-state index contributed by atoms with van der Waals surface area (Å²) in [5.41, 5.74) is 0. The SMILES string of the molecule is O=C1O[C@@H]2[C@@H](F)[C@@H]3C[C@@H]2[C@H]1C3. The molecular weight excluding hydrogens is 147 g/mol. The first-order valence-electron chi connectivity index (χ1n) is 4.12. The van der Waals surface area contributed by atoms with Crippen LogP contribution < -0.4 is 0 Å². The van der Waals surface area contributed by atoms with Crippen LogP contribution in [0.4, 0.5) is 4.39 Å². The van der Waals surface area contributed by atoms with Gasteiger partial charge >= 0.3 is 5.97 Å². The molecule has 3 heteroatoms. The smallest absolute Gasteiger partial charge is 0.309 e. The van der Waals surface area contributed by atoms with E-state index < -0.39 is 6.17 Å². The Labute approximate surface area is 63.7 Å². The Morgan fingerprint density at radius 3 is 2.91 bits per heavy atom. The summed E-state index contributed by atoms with van der Waals surface area (Å²) in [6.07, 6.45) is 0.387. The molecule has 11 heavy (non-hydrogen) atoms. The number of rotatable bonds is 0. The molecule has 3 rings (SSSR count). The van der Waals surface area contributed by atoms with Crippen LogP contribution in [0, 0.1) is 17.8 Å². The fourth-order valence-corrected chi connectivity index (χ4v) is 2.88. The van der Waals surface area contributed by atoms with Crippen molar-refractivity contribution in [3.63, 3.8) is 0 Å². The van der Waals surface area contributed by atoms with Gasteiger partial charge < -0.3 is 4.74 Å². The molecule has 1 heterocycles. The number of carbonyl (C=O) groups excluding carboxylic acids is 1.